The van der Waals surface area contributed by atoms with Crippen LogP contribution < -0.4 is 20.2 Å². The Morgan fingerprint density at radius 2 is 1.61 bits per heavy atom. The normalized spacial score (nSPS) is 10.6. The molecule has 9 heteroatoms. The van der Waals surface area contributed by atoms with E-state index in [0.29, 0.717) is 45.0 Å². The maximum absolute atomic E-state index is 12.1. The molecule has 7 nitrogen and oxygen atoms in total. The van der Waals surface area contributed by atoms with Crippen molar-refractivity contribution in [2.45, 2.75) is 13.5 Å². The molecule has 0 aromatic heterocycles. The van der Waals surface area contributed by atoms with Crippen LogP contribution in [0.1, 0.15) is 18.1 Å². The summed E-state index contributed by atoms with van der Waals surface area (Å²) in [6.07, 6.45) is 1.41. The van der Waals surface area contributed by atoms with Gasteiger partial charge in [-0.15, -0.1) is 0 Å². The van der Waals surface area contributed by atoms with Crippen LogP contribution in [-0.2, 0) is 16.2 Å². The monoisotopic (exact) mass is 485 g/mol. The minimum absolute atomic E-state index is 0.226. The average Bonchev–Trinajstić information content (AvgIpc) is 2.81. The molecular weight excluding hydrogens is 465 g/mol. The number of anilines is 1. The number of hydrazone groups is 1. The third-order valence-corrected chi connectivity index (χ3v) is 5.05. The van der Waals surface area contributed by atoms with Crippen LogP contribution in [0.4, 0.5) is 5.69 Å². The van der Waals surface area contributed by atoms with Crippen LogP contribution in [0.15, 0.2) is 71.8 Å². The van der Waals surface area contributed by atoms with Crippen molar-refractivity contribution in [3.05, 3.63) is 87.9 Å². The van der Waals surface area contributed by atoms with Gasteiger partial charge < -0.3 is 14.8 Å². The van der Waals surface area contributed by atoms with E-state index >= 15 is 0 Å². The summed E-state index contributed by atoms with van der Waals surface area (Å²) in [5, 5.41) is 7.39. The van der Waals surface area contributed by atoms with Gasteiger partial charge in [-0.3, -0.25) is 9.59 Å². The topological polar surface area (TPSA) is 89.0 Å². The first-order chi connectivity index (χ1) is 16.0. The number of amides is 2. The van der Waals surface area contributed by atoms with Crippen molar-refractivity contribution in [1.29, 1.82) is 0 Å². The van der Waals surface area contributed by atoms with E-state index in [1.807, 2.05) is 6.92 Å². The highest BCUT2D eigenvalue weighted by Crippen LogP contribution is 2.26. The van der Waals surface area contributed by atoms with Crippen LogP contribution in [0, 0.1) is 0 Å². The summed E-state index contributed by atoms with van der Waals surface area (Å²) in [7, 11) is 0. The number of para-hydroxylation sites is 2. The third-order valence-electron chi connectivity index (χ3n) is 4.35. The Bertz CT molecular complexity index is 1130. The molecule has 33 heavy (non-hydrogen) atoms. The Balaban J connectivity index is 1.51. The second-order valence-corrected chi connectivity index (χ2v) is 7.45. The van der Waals surface area contributed by atoms with Crippen molar-refractivity contribution < 1.29 is 19.1 Å². The van der Waals surface area contributed by atoms with Gasteiger partial charge >= 0.3 is 11.8 Å². The summed E-state index contributed by atoms with van der Waals surface area (Å²) in [6, 6.07) is 19.1. The molecule has 0 heterocycles. The Morgan fingerprint density at radius 1 is 0.909 bits per heavy atom. The molecule has 2 N–H and O–H groups in total. The molecular formula is C24H21Cl2N3O4. The van der Waals surface area contributed by atoms with E-state index in [-0.39, 0.29) is 6.61 Å². The van der Waals surface area contributed by atoms with Crippen LogP contribution in [0.5, 0.6) is 11.5 Å². The average molecular weight is 486 g/mol. The lowest BCUT2D eigenvalue weighted by Crippen LogP contribution is -2.32. The van der Waals surface area contributed by atoms with E-state index in [4.69, 9.17) is 32.7 Å². The molecule has 2 amide bonds. The van der Waals surface area contributed by atoms with Crippen molar-refractivity contribution in [2.75, 3.05) is 11.9 Å². The molecule has 0 aliphatic carbocycles. The third kappa shape index (κ3) is 6.97. The van der Waals surface area contributed by atoms with Gasteiger partial charge in [0.2, 0.25) is 0 Å². The molecule has 0 saturated carbocycles. The first-order valence-corrected chi connectivity index (χ1v) is 10.8. The lowest BCUT2D eigenvalue weighted by Gasteiger charge is -2.10. The van der Waals surface area contributed by atoms with Gasteiger partial charge in [-0.05, 0) is 61.0 Å². The molecule has 0 saturated heterocycles. The number of nitrogens with zero attached hydrogens (tertiary/aromatic N) is 1. The second-order valence-electron chi connectivity index (χ2n) is 6.64. The van der Waals surface area contributed by atoms with Gasteiger partial charge in [0.1, 0.15) is 18.1 Å². The van der Waals surface area contributed by atoms with Gasteiger partial charge in [-0.1, -0.05) is 41.4 Å². The van der Waals surface area contributed by atoms with Crippen molar-refractivity contribution in [2.24, 2.45) is 5.10 Å². The molecule has 170 valence electrons. The van der Waals surface area contributed by atoms with E-state index in [9.17, 15) is 9.59 Å². The predicted molar refractivity (Wildman–Crippen MR) is 129 cm³/mol. The number of carbonyl (C=O) groups is 2. The Morgan fingerprint density at radius 3 is 2.30 bits per heavy atom. The zero-order valence-corrected chi connectivity index (χ0v) is 19.2. The molecule has 3 aromatic carbocycles. The van der Waals surface area contributed by atoms with Crippen LogP contribution in [0.2, 0.25) is 10.0 Å². The van der Waals surface area contributed by atoms with Gasteiger partial charge in [-0.25, -0.2) is 5.43 Å². The van der Waals surface area contributed by atoms with Crippen LogP contribution in [0.25, 0.3) is 0 Å². The van der Waals surface area contributed by atoms with Gasteiger partial charge in [0.15, 0.2) is 0 Å². The number of hydrogen-bond acceptors (Lipinski definition) is 5. The zero-order chi connectivity index (χ0) is 23.6. The summed E-state index contributed by atoms with van der Waals surface area (Å²) < 4.78 is 11.1. The molecule has 0 unspecified atom stereocenters. The molecule has 0 aliphatic heterocycles. The van der Waals surface area contributed by atoms with Gasteiger partial charge in [0.25, 0.3) is 0 Å². The molecule has 0 spiro atoms. The first kappa shape index (κ1) is 24.1. The number of halogens is 2. The van der Waals surface area contributed by atoms with Crippen LogP contribution in [-0.4, -0.2) is 24.6 Å². The maximum Gasteiger partial charge on any atom is 0.329 e. The van der Waals surface area contributed by atoms with Crippen molar-refractivity contribution in [3.8, 4) is 11.5 Å². The van der Waals surface area contributed by atoms with E-state index in [1.54, 1.807) is 66.7 Å². The summed E-state index contributed by atoms with van der Waals surface area (Å²) in [5.74, 6) is -0.682. The fourth-order valence-corrected chi connectivity index (χ4v) is 3.23. The minimum atomic E-state index is -0.908. The lowest BCUT2D eigenvalue weighted by molar-refractivity contribution is -0.136. The fraction of sp³-hybridized carbons (Fsp3) is 0.125. The van der Waals surface area contributed by atoms with Gasteiger partial charge in [0, 0.05) is 15.6 Å². The molecule has 0 radical (unpaired) electrons. The second kappa shape index (κ2) is 11.9. The molecule has 0 aliphatic rings. The zero-order valence-electron chi connectivity index (χ0n) is 17.7. The Labute approximate surface area is 201 Å². The highest BCUT2D eigenvalue weighted by molar-refractivity contribution is 6.39. The lowest BCUT2D eigenvalue weighted by atomic mass is 10.2. The number of hydrogen-bond donors (Lipinski definition) is 2. The molecule has 3 aromatic rings. The number of benzene rings is 3. The number of ether oxygens (including phenoxy) is 2. The summed E-state index contributed by atoms with van der Waals surface area (Å²) in [5.41, 5.74) is 3.99. The predicted octanol–water partition coefficient (Wildman–Crippen LogP) is 5.06. The fourth-order valence-electron chi connectivity index (χ4n) is 2.72. The molecule has 3 rings (SSSR count). The minimum Gasteiger partial charge on any atom is -0.492 e. The van der Waals surface area contributed by atoms with Gasteiger partial charge in [0.05, 0.1) is 18.5 Å². The van der Waals surface area contributed by atoms with Crippen molar-refractivity contribution >= 4 is 46.9 Å². The van der Waals surface area contributed by atoms with Crippen LogP contribution in [0.3, 0.4) is 0 Å². The Hall–Kier alpha value is -3.55. The molecule has 0 bridgehead atoms. The largest absolute Gasteiger partial charge is 0.492 e. The van der Waals surface area contributed by atoms with E-state index in [2.05, 4.69) is 15.8 Å². The smallest absolute Gasteiger partial charge is 0.329 e. The highest BCUT2D eigenvalue weighted by atomic mass is 35.5. The number of carbonyl (C=O) groups excluding carboxylic acids is 2. The first-order valence-electron chi connectivity index (χ1n) is 10.00. The van der Waals surface area contributed by atoms with Crippen LogP contribution >= 0.6 is 23.2 Å². The van der Waals surface area contributed by atoms with Crippen molar-refractivity contribution in [1.82, 2.24) is 5.43 Å². The summed E-state index contributed by atoms with van der Waals surface area (Å²) in [4.78, 5) is 24.1. The molecule has 0 fully saturated rings. The van der Waals surface area contributed by atoms with E-state index in [0.717, 1.165) is 0 Å². The Kier molecular flexibility index (Phi) is 8.69. The number of nitrogens with one attached hydrogen (secondary N) is 2. The van der Waals surface area contributed by atoms with Gasteiger partial charge in [-0.2, -0.15) is 5.10 Å². The summed E-state index contributed by atoms with van der Waals surface area (Å²) >= 11 is 12.3. The van der Waals surface area contributed by atoms with E-state index in [1.165, 1.54) is 6.21 Å². The molecule has 0 atom stereocenters. The standard InChI is InChI=1S/C24H21Cl2N3O4/c1-2-32-22-9-4-3-8-21(22)28-23(30)24(31)29-27-14-16-10-12-17(13-11-16)33-15-18-19(25)6-5-7-20(18)26/h3-14H,2,15H2,1H3,(H,28,30)(H,29,31)/b27-14+. The maximum atomic E-state index is 12.1. The highest BCUT2D eigenvalue weighted by Gasteiger charge is 2.15. The SMILES string of the molecule is CCOc1ccccc1NC(=O)C(=O)N/N=C/c1ccc(OCc2c(Cl)cccc2Cl)cc1. The summed E-state index contributed by atoms with van der Waals surface area (Å²) in [6.45, 7) is 2.48. The quantitative estimate of drug-likeness (QED) is 0.265. The number of rotatable bonds is 8. The van der Waals surface area contributed by atoms with Crippen molar-refractivity contribution in [3.63, 3.8) is 0 Å². The van der Waals surface area contributed by atoms with E-state index < -0.39 is 11.8 Å².